The van der Waals surface area contributed by atoms with Gasteiger partial charge in [0.15, 0.2) is 11.5 Å². The Morgan fingerprint density at radius 3 is 2.76 bits per heavy atom. The lowest BCUT2D eigenvalue weighted by Crippen LogP contribution is -2.45. The van der Waals surface area contributed by atoms with Crippen LogP contribution in [0.2, 0.25) is 0 Å². The second-order valence-electron chi connectivity index (χ2n) is 8.45. The number of hydrogen-bond donors (Lipinski definition) is 2. The molecular weight excluding hydrogens is 418 g/mol. The van der Waals surface area contributed by atoms with Gasteiger partial charge in [-0.05, 0) is 48.6 Å². The minimum absolute atomic E-state index is 0.0149. The van der Waals surface area contributed by atoms with Crippen LogP contribution in [0.4, 0.5) is 0 Å². The van der Waals surface area contributed by atoms with Crippen LogP contribution in [-0.4, -0.2) is 49.0 Å². The molecule has 0 saturated carbocycles. The molecule has 1 aromatic heterocycles. The molecule has 1 saturated heterocycles. The summed E-state index contributed by atoms with van der Waals surface area (Å²) in [7, 11) is 3.18. The summed E-state index contributed by atoms with van der Waals surface area (Å²) < 4.78 is 10.6. The third kappa shape index (κ3) is 5.30. The fourth-order valence-electron chi connectivity index (χ4n) is 4.48. The first-order valence-electron chi connectivity index (χ1n) is 11.4. The van der Waals surface area contributed by atoms with Gasteiger partial charge in [-0.25, -0.2) is 0 Å². The number of fused-ring (bicyclic) bond motifs is 1. The maximum absolute atomic E-state index is 12.9. The number of nitrogens with zero attached hydrogens (tertiary/aromatic N) is 1. The molecule has 2 heterocycles. The van der Waals surface area contributed by atoms with Crippen molar-refractivity contribution in [3.8, 4) is 11.5 Å². The molecule has 1 unspecified atom stereocenters. The molecule has 7 nitrogen and oxygen atoms in total. The summed E-state index contributed by atoms with van der Waals surface area (Å²) in [5, 5.41) is 4.18. The largest absolute Gasteiger partial charge is 0.493 e. The summed E-state index contributed by atoms with van der Waals surface area (Å²) in [5.41, 5.74) is 3.17. The van der Waals surface area contributed by atoms with Gasteiger partial charge in [-0.3, -0.25) is 9.59 Å². The average Bonchev–Trinajstić information content (AvgIpc) is 3.28. The van der Waals surface area contributed by atoms with E-state index in [0.717, 1.165) is 34.9 Å². The smallest absolute Gasteiger partial charge is 0.225 e. The summed E-state index contributed by atoms with van der Waals surface area (Å²) in [4.78, 5) is 30.8. The molecule has 174 valence electrons. The van der Waals surface area contributed by atoms with E-state index in [1.807, 2.05) is 47.5 Å². The molecule has 2 amide bonds. The molecule has 0 bridgehead atoms. The van der Waals surface area contributed by atoms with Crippen molar-refractivity contribution in [2.75, 3.05) is 27.3 Å². The maximum atomic E-state index is 12.9. The number of hydrogen-bond acceptors (Lipinski definition) is 4. The van der Waals surface area contributed by atoms with Crippen molar-refractivity contribution >= 4 is 22.7 Å². The quantitative estimate of drug-likeness (QED) is 0.550. The Morgan fingerprint density at radius 2 is 1.94 bits per heavy atom. The van der Waals surface area contributed by atoms with Crippen LogP contribution in [0, 0.1) is 5.92 Å². The number of amides is 2. The first kappa shape index (κ1) is 22.7. The first-order chi connectivity index (χ1) is 16.1. The van der Waals surface area contributed by atoms with E-state index in [2.05, 4.69) is 16.4 Å². The number of likely N-dealkylation sites (tertiary alicyclic amines) is 1. The standard InChI is InChI=1S/C26H31N3O4/c1-32-23-11-9-18(14-24(23)33-2)15-28-26(31)20-6-5-13-29(17-20)25(30)12-10-19-16-27-22-8-4-3-7-21(19)22/h3-4,7-9,11,14,16,20,27H,5-6,10,12-13,15,17H2,1-2H3,(H,28,31). The van der Waals surface area contributed by atoms with E-state index in [4.69, 9.17) is 9.47 Å². The van der Waals surface area contributed by atoms with Crippen LogP contribution in [0.25, 0.3) is 10.9 Å². The van der Waals surface area contributed by atoms with Gasteiger partial charge in [0.05, 0.1) is 20.1 Å². The zero-order valence-corrected chi connectivity index (χ0v) is 19.2. The molecule has 33 heavy (non-hydrogen) atoms. The Hall–Kier alpha value is -3.48. The van der Waals surface area contributed by atoms with Crippen molar-refractivity contribution in [1.29, 1.82) is 0 Å². The molecule has 2 aromatic carbocycles. The molecule has 3 aromatic rings. The summed E-state index contributed by atoms with van der Waals surface area (Å²) in [6, 6.07) is 13.7. The third-order valence-electron chi connectivity index (χ3n) is 6.34. The van der Waals surface area contributed by atoms with Crippen molar-refractivity contribution in [3.05, 3.63) is 59.8 Å². The predicted molar refractivity (Wildman–Crippen MR) is 127 cm³/mol. The van der Waals surface area contributed by atoms with Gasteiger partial charge in [-0.15, -0.1) is 0 Å². The number of methoxy groups -OCH3 is 2. The zero-order valence-electron chi connectivity index (χ0n) is 19.2. The van der Waals surface area contributed by atoms with Gasteiger partial charge < -0.3 is 24.7 Å². The molecule has 4 rings (SSSR count). The summed E-state index contributed by atoms with van der Waals surface area (Å²) in [5.74, 6) is 1.20. The second-order valence-corrected chi connectivity index (χ2v) is 8.45. The number of nitrogens with one attached hydrogen (secondary N) is 2. The number of ether oxygens (including phenoxy) is 2. The molecule has 1 fully saturated rings. The van der Waals surface area contributed by atoms with Gasteiger partial charge in [0.25, 0.3) is 0 Å². The van der Waals surface area contributed by atoms with Crippen LogP contribution in [0.3, 0.4) is 0 Å². The van der Waals surface area contributed by atoms with Crippen LogP contribution in [0.5, 0.6) is 11.5 Å². The van der Waals surface area contributed by atoms with Gasteiger partial charge in [0.2, 0.25) is 11.8 Å². The number of aromatic amines is 1. The summed E-state index contributed by atoms with van der Waals surface area (Å²) >= 11 is 0. The predicted octanol–water partition coefficient (Wildman–Crippen LogP) is 3.67. The van der Waals surface area contributed by atoms with Crippen molar-refractivity contribution in [2.45, 2.75) is 32.2 Å². The number of para-hydroxylation sites is 1. The highest BCUT2D eigenvalue weighted by atomic mass is 16.5. The molecule has 0 radical (unpaired) electrons. The minimum Gasteiger partial charge on any atom is -0.493 e. The van der Waals surface area contributed by atoms with Crippen molar-refractivity contribution in [1.82, 2.24) is 15.2 Å². The van der Waals surface area contributed by atoms with E-state index in [9.17, 15) is 9.59 Å². The van der Waals surface area contributed by atoms with Gasteiger partial charge in [0.1, 0.15) is 0 Å². The van der Waals surface area contributed by atoms with Gasteiger partial charge in [-0.2, -0.15) is 0 Å². The average molecular weight is 450 g/mol. The van der Waals surface area contributed by atoms with Crippen LogP contribution >= 0.6 is 0 Å². The topological polar surface area (TPSA) is 83.7 Å². The zero-order chi connectivity index (χ0) is 23.2. The third-order valence-corrected chi connectivity index (χ3v) is 6.34. The van der Waals surface area contributed by atoms with Gasteiger partial charge in [0, 0.05) is 43.2 Å². The highest BCUT2D eigenvalue weighted by Gasteiger charge is 2.28. The number of H-pyrrole nitrogens is 1. The maximum Gasteiger partial charge on any atom is 0.225 e. The Labute approximate surface area is 194 Å². The lowest BCUT2D eigenvalue weighted by atomic mass is 9.96. The van der Waals surface area contributed by atoms with Crippen molar-refractivity contribution in [3.63, 3.8) is 0 Å². The first-order valence-corrected chi connectivity index (χ1v) is 11.4. The van der Waals surface area contributed by atoms with Gasteiger partial charge >= 0.3 is 0 Å². The van der Waals surface area contributed by atoms with E-state index < -0.39 is 0 Å². The number of benzene rings is 2. The van der Waals surface area contributed by atoms with Crippen molar-refractivity contribution < 1.29 is 19.1 Å². The Bertz CT molecular complexity index is 1120. The van der Waals surface area contributed by atoms with Crippen LogP contribution in [-0.2, 0) is 22.6 Å². The van der Waals surface area contributed by atoms with Gasteiger partial charge in [-0.1, -0.05) is 24.3 Å². The SMILES string of the molecule is COc1ccc(CNC(=O)C2CCCN(C(=O)CCc3c[nH]c4ccccc34)C2)cc1OC. The fraction of sp³-hybridized carbons (Fsp3) is 0.385. The van der Waals surface area contributed by atoms with E-state index in [1.165, 1.54) is 0 Å². The molecular formula is C26H31N3O4. The summed E-state index contributed by atoms with van der Waals surface area (Å²) in [6.07, 6.45) is 4.76. The number of carbonyl (C=O) groups excluding carboxylic acids is 2. The number of piperidine rings is 1. The van der Waals surface area contributed by atoms with E-state index in [1.54, 1.807) is 14.2 Å². The van der Waals surface area contributed by atoms with E-state index in [-0.39, 0.29) is 17.7 Å². The van der Waals surface area contributed by atoms with Crippen LogP contribution in [0.1, 0.15) is 30.4 Å². The molecule has 1 aliphatic heterocycles. The second kappa shape index (κ2) is 10.4. The molecule has 0 aliphatic carbocycles. The van der Waals surface area contributed by atoms with E-state index >= 15 is 0 Å². The number of aryl methyl sites for hydroxylation is 1. The number of aromatic nitrogens is 1. The molecule has 7 heteroatoms. The Balaban J connectivity index is 1.29. The number of carbonyl (C=O) groups is 2. The molecule has 1 aliphatic rings. The monoisotopic (exact) mass is 449 g/mol. The molecule has 2 N–H and O–H groups in total. The van der Waals surface area contributed by atoms with Crippen molar-refractivity contribution in [2.24, 2.45) is 5.92 Å². The lowest BCUT2D eigenvalue weighted by molar-refractivity contribution is -0.135. The lowest BCUT2D eigenvalue weighted by Gasteiger charge is -2.32. The minimum atomic E-state index is -0.184. The Morgan fingerprint density at radius 1 is 1.12 bits per heavy atom. The Kier molecular flexibility index (Phi) is 7.17. The fourth-order valence-corrected chi connectivity index (χ4v) is 4.48. The summed E-state index contributed by atoms with van der Waals surface area (Å²) in [6.45, 7) is 1.60. The van der Waals surface area contributed by atoms with Crippen LogP contribution < -0.4 is 14.8 Å². The molecule has 1 atom stereocenters. The van der Waals surface area contributed by atoms with E-state index in [0.29, 0.717) is 44.0 Å². The normalized spacial score (nSPS) is 15.9. The van der Waals surface area contributed by atoms with Crippen LogP contribution in [0.15, 0.2) is 48.7 Å². The molecule has 0 spiro atoms. The number of rotatable bonds is 8. The highest BCUT2D eigenvalue weighted by Crippen LogP contribution is 2.27. The highest BCUT2D eigenvalue weighted by molar-refractivity contribution is 5.84.